The molecule has 104 valence electrons. The van der Waals surface area contributed by atoms with Gasteiger partial charge >= 0.3 is 0 Å². The Balaban J connectivity index is 1.79. The summed E-state index contributed by atoms with van der Waals surface area (Å²) in [6, 6.07) is 22.0. The normalized spacial score (nSPS) is 13.7. The van der Waals surface area contributed by atoms with Gasteiger partial charge in [0.05, 0.1) is 0 Å². The summed E-state index contributed by atoms with van der Waals surface area (Å²) in [6.45, 7) is 1.10. The number of rotatable bonds is 2. The number of anilines is 1. The lowest BCUT2D eigenvalue weighted by molar-refractivity contribution is 0.819. The van der Waals surface area contributed by atoms with Gasteiger partial charge in [0.1, 0.15) is 0 Å². The molecule has 0 saturated carbocycles. The highest BCUT2D eigenvalue weighted by Gasteiger charge is 2.13. The van der Waals surface area contributed by atoms with Gasteiger partial charge in [-0.05, 0) is 52.8 Å². The van der Waals surface area contributed by atoms with Crippen LogP contribution in [0.5, 0.6) is 0 Å². The highest BCUT2D eigenvalue weighted by atomic mass is 14.9. The zero-order chi connectivity index (χ0) is 14.1. The smallest absolute Gasteiger partial charge is 0.0375 e. The van der Waals surface area contributed by atoms with E-state index in [0.717, 1.165) is 13.0 Å². The summed E-state index contributed by atoms with van der Waals surface area (Å²) in [5.41, 5.74) is 5.73. The van der Waals surface area contributed by atoms with Crippen LogP contribution in [0, 0.1) is 0 Å². The van der Waals surface area contributed by atoms with Crippen LogP contribution in [0.4, 0.5) is 5.69 Å². The Labute approximate surface area is 125 Å². The van der Waals surface area contributed by atoms with E-state index in [1.165, 1.54) is 46.0 Å². The van der Waals surface area contributed by atoms with Crippen LogP contribution in [0.3, 0.4) is 0 Å². The van der Waals surface area contributed by atoms with Gasteiger partial charge in [-0.15, -0.1) is 0 Å². The lowest BCUT2D eigenvalue weighted by Crippen LogP contribution is -2.13. The van der Waals surface area contributed by atoms with Gasteiger partial charge < -0.3 is 5.32 Å². The van der Waals surface area contributed by atoms with Crippen molar-refractivity contribution in [3.63, 3.8) is 0 Å². The monoisotopic (exact) mass is 273 g/mol. The van der Waals surface area contributed by atoms with Crippen LogP contribution < -0.4 is 5.32 Å². The second-order valence-electron chi connectivity index (χ2n) is 5.79. The maximum absolute atomic E-state index is 3.53. The van der Waals surface area contributed by atoms with Gasteiger partial charge in [0.2, 0.25) is 0 Å². The summed E-state index contributed by atoms with van der Waals surface area (Å²) in [6.07, 6.45) is 3.45. The molecular formula is C20H19N. The second kappa shape index (κ2) is 5.25. The molecule has 1 aliphatic heterocycles. The lowest BCUT2D eigenvalue weighted by atomic mass is 9.91. The molecule has 1 aliphatic rings. The molecule has 0 aromatic heterocycles. The first-order valence-electron chi connectivity index (χ1n) is 7.73. The predicted molar refractivity (Wildman–Crippen MR) is 90.0 cm³/mol. The minimum atomic E-state index is 1.02. The molecular weight excluding hydrogens is 254 g/mol. The fraction of sp³-hybridized carbons (Fsp3) is 0.200. The average molecular weight is 273 g/mol. The Morgan fingerprint density at radius 3 is 2.62 bits per heavy atom. The molecule has 3 aromatic carbocycles. The molecule has 4 rings (SSSR count). The summed E-state index contributed by atoms with van der Waals surface area (Å²) in [7, 11) is 0. The van der Waals surface area contributed by atoms with Crippen LogP contribution >= 0.6 is 0 Å². The van der Waals surface area contributed by atoms with E-state index in [2.05, 4.69) is 66.0 Å². The molecule has 1 N–H and O–H groups in total. The highest BCUT2D eigenvalue weighted by molar-refractivity contribution is 5.86. The Kier molecular flexibility index (Phi) is 3.11. The molecule has 0 aliphatic carbocycles. The van der Waals surface area contributed by atoms with Crippen molar-refractivity contribution in [3.05, 3.63) is 77.4 Å². The molecule has 0 fully saturated rings. The van der Waals surface area contributed by atoms with Gasteiger partial charge in [0.25, 0.3) is 0 Å². The highest BCUT2D eigenvalue weighted by Crippen LogP contribution is 2.29. The first kappa shape index (κ1) is 12.5. The number of fused-ring (bicyclic) bond motifs is 2. The van der Waals surface area contributed by atoms with Gasteiger partial charge in [-0.1, -0.05) is 54.6 Å². The Bertz CT molecular complexity index is 783. The molecule has 3 aromatic rings. The van der Waals surface area contributed by atoms with E-state index in [0.29, 0.717) is 0 Å². The molecule has 1 nitrogen and oxygen atoms in total. The van der Waals surface area contributed by atoms with Crippen molar-refractivity contribution in [1.82, 2.24) is 0 Å². The molecule has 0 atom stereocenters. The van der Waals surface area contributed by atoms with Crippen LogP contribution in [-0.4, -0.2) is 6.54 Å². The Hall–Kier alpha value is -2.28. The van der Waals surface area contributed by atoms with E-state index < -0.39 is 0 Å². The summed E-state index contributed by atoms with van der Waals surface area (Å²) < 4.78 is 0. The van der Waals surface area contributed by atoms with E-state index in [1.807, 2.05) is 0 Å². The molecule has 0 spiro atoms. The van der Waals surface area contributed by atoms with Crippen LogP contribution in [0.15, 0.2) is 60.7 Å². The first-order valence-corrected chi connectivity index (χ1v) is 7.73. The van der Waals surface area contributed by atoms with Crippen LogP contribution in [0.25, 0.3) is 10.8 Å². The quantitative estimate of drug-likeness (QED) is 0.708. The largest absolute Gasteiger partial charge is 0.385 e. The molecule has 0 saturated heterocycles. The average Bonchev–Trinajstić information content (AvgIpc) is 2.56. The standard InChI is InChI=1S/C20H19N/c1-2-10-18-15(6-1)7-3-8-16(18)14-17-9-4-12-20-19(17)11-5-13-21-20/h1-4,6-10,12,21H,5,11,13-14H2. The van der Waals surface area contributed by atoms with Crippen molar-refractivity contribution in [2.75, 3.05) is 11.9 Å². The van der Waals surface area contributed by atoms with Crippen molar-refractivity contribution in [1.29, 1.82) is 0 Å². The lowest BCUT2D eigenvalue weighted by Gasteiger charge is -2.21. The zero-order valence-corrected chi connectivity index (χ0v) is 12.1. The summed E-state index contributed by atoms with van der Waals surface area (Å²) >= 11 is 0. The van der Waals surface area contributed by atoms with E-state index in [4.69, 9.17) is 0 Å². The third-order valence-corrected chi connectivity index (χ3v) is 4.45. The number of hydrogen-bond donors (Lipinski definition) is 1. The third-order valence-electron chi connectivity index (χ3n) is 4.45. The van der Waals surface area contributed by atoms with Gasteiger partial charge in [-0.2, -0.15) is 0 Å². The van der Waals surface area contributed by atoms with E-state index in [9.17, 15) is 0 Å². The molecule has 0 amide bonds. The number of hydrogen-bond acceptors (Lipinski definition) is 1. The van der Waals surface area contributed by atoms with Gasteiger partial charge in [0, 0.05) is 12.2 Å². The van der Waals surface area contributed by atoms with Crippen LogP contribution in [0.2, 0.25) is 0 Å². The van der Waals surface area contributed by atoms with Crippen LogP contribution in [-0.2, 0) is 12.8 Å². The SMILES string of the molecule is c1cc(Cc2cccc3ccccc23)c2c(c1)NCCC2. The fourth-order valence-electron chi connectivity index (χ4n) is 3.40. The number of benzene rings is 3. The first-order chi connectivity index (χ1) is 10.4. The van der Waals surface area contributed by atoms with Crippen LogP contribution in [0.1, 0.15) is 23.1 Å². The predicted octanol–water partition coefficient (Wildman–Crippen LogP) is 4.79. The van der Waals surface area contributed by atoms with Crippen molar-refractivity contribution in [2.24, 2.45) is 0 Å². The summed E-state index contributed by atoms with van der Waals surface area (Å²) in [5, 5.41) is 6.23. The van der Waals surface area contributed by atoms with E-state index in [-0.39, 0.29) is 0 Å². The summed E-state index contributed by atoms with van der Waals surface area (Å²) in [5.74, 6) is 0. The Morgan fingerprint density at radius 2 is 1.62 bits per heavy atom. The van der Waals surface area contributed by atoms with Crippen molar-refractivity contribution >= 4 is 16.5 Å². The van der Waals surface area contributed by atoms with Gasteiger partial charge in [0.15, 0.2) is 0 Å². The third kappa shape index (κ3) is 2.29. The minimum absolute atomic E-state index is 1.02. The van der Waals surface area contributed by atoms with Gasteiger partial charge in [-0.25, -0.2) is 0 Å². The molecule has 0 radical (unpaired) electrons. The van der Waals surface area contributed by atoms with Crippen molar-refractivity contribution in [2.45, 2.75) is 19.3 Å². The molecule has 21 heavy (non-hydrogen) atoms. The maximum Gasteiger partial charge on any atom is 0.0375 e. The fourth-order valence-corrected chi connectivity index (χ4v) is 3.40. The number of nitrogens with one attached hydrogen (secondary N) is 1. The van der Waals surface area contributed by atoms with E-state index in [1.54, 1.807) is 0 Å². The minimum Gasteiger partial charge on any atom is -0.385 e. The molecule has 0 unspecified atom stereocenters. The van der Waals surface area contributed by atoms with Crippen molar-refractivity contribution in [3.8, 4) is 0 Å². The topological polar surface area (TPSA) is 12.0 Å². The van der Waals surface area contributed by atoms with Gasteiger partial charge in [-0.3, -0.25) is 0 Å². The van der Waals surface area contributed by atoms with E-state index >= 15 is 0 Å². The second-order valence-corrected chi connectivity index (χ2v) is 5.79. The molecule has 0 bridgehead atoms. The Morgan fingerprint density at radius 1 is 0.810 bits per heavy atom. The zero-order valence-electron chi connectivity index (χ0n) is 12.1. The molecule has 1 heteroatoms. The molecule has 1 heterocycles. The summed E-state index contributed by atoms with van der Waals surface area (Å²) in [4.78, 5) is 0. The van der Waals surface area contributed by atoms with Crippen molar-refractivity contribution < 1.29 is 0 Å². The maximum atomic E-state index is 3.53.